The molecule has 1 aliphatic heterocycles. The van der Waals surface area contributed by atoms with Gasteiger partial charge in [-0.15, -0.1) is 0 Å². The van der Waals surface area contributed by atoms with Crippen molar-refractivity contribution in [3.05, 3.63) is 53.6 Å². The molecule has 7 nitrogen and oxygen atoms in total. The highest BCUT2D eigenvalue weighted by Gasteiger charge is 2.54. The van der Waals surface area contributed by atoms with Crippen molar-refractivity contribution < 1.29 is 45.8 Å². The van der Waals surface area contributed by atoms with Crippen LogP contribution in [0.2, 0.25) is 26.2 Å². The molecule has 1 aromatic rings. The standard InChI is InChI=1S/C41H63F3O7Si2/c1-11-13-15-27-22-28-19-18-26(3)40(51-53(9)10,21-20-31-25-32(39(4,5)6)36(38(46)48-31)50-52(7)8)35(28)34(23-27)49-37(45)33(12-2)47-30-17-14-16-29(24-30)41(42,43)44/h14,16-19,22,24,26-27,31-36,52-53H,11-13,15,20-21,23,25H2,1-10H3/t26-,27+,31+,32-,33?,34-,35+,36?,40-/m0/s1. The molecular formula is C41H63F3O7Si2. The van der Waals surface area contributed by atoms with Gasteiger partial charge in [-0.3, -0.25) is 0 Å². The second-order valence-corrected chi connectivity index (χ2v) is 21.7. The van der Waals surface area contributed by atoms with Gasteiger partial charge in [0.1, 0.15) is 24.1 Å². The van der Waals surface area contributed by atoms with Gasteiger partial charge in [0, 0.05) is 17.8 Å². The van der Waals surface area contributed by atoms with Crippen LogP contribution in [0.25, 0.3) is 0 Å². The monoisotopic (exact) mass is 780 g/mol. The lowest BCUT2D eigenvalue weighted by molar-refractivity contribution is -0.180. The third-order valence-electron chi connectivity index (χ3n) is 11.1. The van der Waals surface area contributed by atoms with Crippen molar-refractivity contribution in [2.24, 2.45) is 29.1 Å². The molecule has 1 aromatic carbocycles. The first-order valence-electron chi connectivity index (χ1n) is 19.8. The van der Waals surface area contributed by atoms with Crippen LogP contribution in [-0.2, 0) is 34.1 Å². The molecule has 12 heteroatoms. The van der Waals surface area contributed by atoms with E-state index in [1.807, 2.05) is 0 Å². The molecule has 2 aliphatic carbocycles. The minimum Gasteiger partial charge on any atom is -0.479 e. The quantitative estimate of drug-likeness (QED) is 0.130. The Bertz CT molecular complexity index is 1460. The lowest BCUT2D eigenvalue weighted by Crippen LogP contribution is -2.57. The average molecular weight is 781 g/mol. The zero-order valence-electron chi connectivity index (χ0n) is 33.5. The second kappa shape index (κ2) is 18.0. The molecule has 1 fully saturated rings. The highest BCUT2D eigenvalue weighted by Crippen LogP contribution is 2.51. The van der Waals surface area contributed by atoms with Crippen LogP contribution in [0.5, 0.6) is 5.75 Å². The van der Waals surface area contributed by atoms with Gasteiger partial charge in [-0.1, -0.05) is 78.7 Å². The first-order chi connectivity index (χ1) is 24.8. The van der Waals surface area contributed by atoms with Crippen LogP contribution in [0.15, 0.2) is 48.1 Å². The van der Waals surface area contributed by atoms with E-state index in [1.54, 1.807) is 6.92 Å². The number of rotatable bonds is 15. The maximum atomic E-state index is 14.0. The molecule has 0 radical (unpaired) electrons. The number of allylic oxidation sites excluding steroid dienone is 2. The van der Waals surface area contributed by atoms with Crippen LogP contribution in [0.1, 0.15) is 98.5 Å². The normalized spacial score (nSPS) is 29.8. The number of carbonyl (C=O) groups is 2. The maximum Gasteiger partial charge on any atom is 0.416 e. The summed E-state index contributed by atoms with van der Waals surface area (Å²) < 4.78 is 72.3. The fraction of sp³-hybridized carbons (Fsp3) is 0.707. The van der Waals surface area contributed by atoms with Crippen LogP contribution < -0.4 is 4.74 Å². The van der Waals surface area contributed by atoms with Gasteiger partial charge in [0.15, 0.2) is 24.2 Å². The van der Waals surface area contributed by atoms with Crippen LogP contribution >= 0.6 is 0 Å². The molecule has 0 aromatic heterocycles. The Balaban J connectivity index is 1.67. The van der Waals surface area contributed by atoms with Crippen molar-refractivity contribution in [3.8, 4) is 5.75 Å². The summed E-state index contributed by atoms with van der Waals surface area (Å²) in [6.07, 6.45) is 5.35. The van der Waals surface area contributed by atoms with Gasteiger partial charge in [-0.2, -0.15) is 13.2 Å². The predicted molar refractivity (Wildman–Crippen MR) is 207 cm³/mol. The Morgan fingerprint density at radius 1 is 1.06 bits per heavy atom. The Kier molecular flexibility index (Phi) is 14.7. The second-order valence-electron chi connectivity index (χ2n) is 17.0. The number of benzene rings is 1. The van der Waals surface area contributed by atoms with Crippen molar-refractivity contribution in [2.45, 2.75) is 155 Å². The molecule has 0 N–H and O–H groups in total. The van der Waals surface area contributed by atoms with Crippen molar-refractivity contribution in [1.82, 2.24) is 0 Å². The summed E-state index contributed by atoms with van der Waals surface area (Å²) in [5.74, 6) is -1.05. The highest BCUT2D eigenvalue weighted by molar-refractivity contribution is 6.49. The molecule has 53 heavy (non-hydrogen) atoms. The average Bonchev–Trinajstić information content (AvgIpc) is 3.06. The molecule has 0 amide bonds. The molecular weight excluding hydrogens is 718 g/mol. The van der Waals surface area contributed by atoms with Crippen molar-refractivity contribution in [3.63, 3.8) is 0 Å². The topological polar surface area (TPSA) is 80.3 Å². The molecule has 9 atom stereocenters. The van der Waals surface area contributed by atoms with Crippen LogP contribution in [0, 0.1) is 29.1 Å². The van der Waals surface area contributed by atoms with Gasteiger partial charge in [0.25, 0.3) is 0 Å². The molecule has 0 bridgehead atoms. The SMILES string of the molecule is CCCC[C@@H]1C=C2C=C[C@H](C)[C@](CC[C@@H]3C[C@H](C(C)(C)C)C(O[SiH](C)C)C(=O)O3)(O[SiH](C)C)[C@H]2[C@@H](OC(=O)C(CC)Oc2cccc(C(F)(F)F)c2)C1. The van der Waals surface area contributed by atoms with Crippen LogP contribution in [-0.4, -0.2) is 60.0 Å². The number of unbranched alkanes of at least 4 members (excludes halogenated alkanes) is 1. The summed E-state index contributed by atoms with van der Waals surface area (Å²) >= 11 is 0. The smallest absolute Gasteiger partial charge is 0.416 e. The first kappa shape index (κ1) is 43.3. The van der Waals surface area contributed by atoms with E-state index < -0.39 is 59.7 Å². The number of hydrogen-bond acceptors (Lipinski definition) is 7. The molecule has 0 spiro atoms. The first-order valence-corrected chi connectivity index (χ1v) is 25.3. The maximum absolute atomic E-state index is 14.0. The number of halogens is 3. The van der Waals surface area contributed by atoms with E-state index in [0.717, 1.165) is 37.0 Å². The molecule has 3 aliphatic rings. The van der Waals surface area contributed by atoms with Gasteiger partial charge < -0.3 is 23.1 Å². The third kappa shape index (κ3) is 10.9. The lowest BCUT2D eigenvalue weighted by Gasteiger charge is -2.53. The fourth-order valence-corrected chi connectivity index (χ4v) is 10.7. The minimum absolute atomic E-state index is 0.00429. The number of hydrogen-bond donors (Lipinski definition) is 0. The predicted octanol–water partition coefficient (Wildman–Crippen LogP) is 9.60. The highest BCUT2D eigenvalue weighted by atomic mass is 28.3. The minimum atomic E-state index is -4.54. The molecule has 4 rings (SSSR count). The number of ether oxygens (including phenoxy) is 3. The van der Waals surface area contributed by atoms with E-state index in [0.29, 0.717) is 25.7 Å². The lowest BCUT2D eigenvalue weighted by atomic mass is 9.61. The van der Waals surface area contributed by atoms with E-state index in [9.17, 15) is 22.8 Å². The molecule has 1 heterocycles. The summed E-state index contributed by atoms with van der Waals surface area (Å²) in [4.78, 5) is 27.5. The van der Waals surface area contributed by atoms with Gasteiger partial charge in [0.2, 0.25) is 0 Å². The zero-order chi connectivity index (χ0) is 39.3. The van der Waals surface area contributed by atoms with E-state index in [2.05, 4.69) is 79.0 Å². The largest absolute Gasteiger partial charge is 0.479 e. The van der Waals surface area contributed by atoms with Crippen molar-refractivity contribution in [2.75, 3.05) is 0 Å². The van der Waals surface area contributed by atoms with Crippen molar-refractivity contribution >= 4 is 30.0 Å². The Morgan fingerprint density at radius 2 is 1.77 bits per heavy atom. The van der Waals surface area contributed by atoms with E-state index >= 15 is 0 Å². The summed E-state index contributed by atoms with van der Waals surface area (Å²) in [5.41, 5.74) is -0.654. The Hall–Kier alpha value is -2.42. The molecule has 0 saturated carbocycles. The number of esters is 2. The van der Waals surface area contributed by atoms with Crippen molar-refractivity contribution in [1.29, 1.82) is 0 Å². The zero-order valence-corrected chi connectivity index (χ0v) is 35.8. The Labute approximate surface area is 318 Å². The number of alkyl halides is 3. The number of carbonyl (C=O) groups excluding carboxylic acids is 2. The summed E-state index contributed by atoms with van der Waals surface area (Å²) in [6, 6.07) is 4.59. The van der Waals surface area contributed by atoms with Gasteiger partial charge >= 0.3 is 18.1 Å². The number of cyclic esters (lactones) is 1. The summed E-state index contributed by atoms with van der Waals surface area (Å²) in [7, 11) is -3.20. The molecule has 1 saturated heterocycles. The van der Waals surface area contributed by atoms with E-state index in [1.165, 1.54) is 12.1 Å². The Morgan fingerprint density at radius 3 is 2.38 bits per heavy atom. The number of fused-ring (bicyclic) bond motifs is 1. The van der Waals surface area contributed by atoms with Crippen LogP contribution in [0.3, 0.4) is 0 Å². The third-order valence-corrected chi connectivity index (χ3v) is 12.8. The van der Waals surface area contributed by atoms with Crippen LogP contribution in [0.4, 0.5) is 13.2 Å². The van der Waals surface area contributed by atoms with Gasteiger partial charge in [-0.25, -0.2) is 9.59 Å². The van der Waals surface area contributed by atoms with E-state index in [-0.39, 0.29) is 53.3 Å². The van der Waals surface area contributed by atoms with E-state index in [4.69, 9.17) is 23.1 Å². The fourth-order valence-electron chi connectivity index (χ4n) is 8.49. The molecule has 2 unspecified atom stereocenters. The summed E-state index contributed by atoms with van der Waals surface area (Å²) in [5, 5.41) is 0. The van der Waals surface area contributed by atoms with Gasteiger partial charge in [-0.05, 0) is 99.8 Å². The molecule has 298 valence electrons. The van der Waals surface area contributed by atoms with Gasteiger partial charge in [0.05, 0.1) is 11.2 Å². The summed E-state index contributed by atoms with van der Waals surface area (Å²) in [6.45, 7) is 21.0.